The molecule has 0 saturated carbocycles. The Labute approximate surface area is 123 Å². The first-order chi connectivity index (χ1) is 9.72. The maximum Gasteiger partial charge on any atom is 0.251 e. The maximum absolute atomic E-state index is 11.8. The first-order valence-electron chi connectivity index (χ1n) is 6.01. The molecule has 0 fully saturated rings. The molecule has 3 aromatic rings. The van der Waals surface area contributed by atoms with Crippen molar-refractivity contribution in [2.45, 2.75) is 0 Å². The lowest BCUT2D eigenvalue weighted by atomic mass is 10.1. The van der Waals surface area contributed by atoms with Gasteiger partial charge >= 0.3 is 0 Å². The lowest BCUT2D eigenvalue weighted by molar-refractivity contribution is 1.10. The zero-order chi connectivity index (χ0) is 13.9. The number of nitrogens with zero attached hydrogens (tertiary/aromatic N) is 2. The van der Waals surface area contributed by atoms with Gasteiger partial charge in [0.25, 0.3) is 5.56 Å². The Morgan fingerprint density at radius 2 is 1.80 bits per heavy atom. The molecule has 3 rings (SSSR count). The van der Waals surface area contributed by atoms with Crippen LogP contribution in [0.1, 0.15) is 0 Å². The molecule has 0 aliphatic carbocycles. The molecule has 0 atom stereocenters. The number of aromatic amines is 1. The summed E-state index contributed by atoms with van der Waals surface area (Å²) in [6, 6.07) is 14.7. The Bertz CT molecular complexity index is 782. The molecule has 1 N–H and O–H groups in total. The number of nitrogens with one attached hydrogen (secondary N) is 1. The molecule has 0 saturated heterocycles. The van der Waals surface area contributed by atoms with Gasteiger partial charge in [0.1, 0.15) is 5.69 Å². The SMILES string of the molecule is O=c1cc(-c2ccccc2)nc(-c2ccc(Br)cn2)[nH]1. The van der Waals surface area contributed by atoms with Gasteiger partial charge in [-0.3, -0.25) is 9.78 Å². The number of benzene rings is 1. The summed E-state index contributed by atoms with van der Waals surface area (Å²) in [5, 5.41) is 0. The van der Waals surface area contributed by atoms with Gasteiger partial charge in [-0.05, 0) is 28.1 Å². The van der Waals surface area contributed by atoms with Crippen LogP contribution in [0.5, 0.6) is 0 Å². The molecule has 4 nitrogen and oxygen atoms in total. The maximum atomic E-state index is 11.8. The lowest BCUT2D eigenvalue weighted by Gasteiger charge is -2.04. The summed E-state index contributed by atoms with van der Waals surface area (Å²) < 4.78 is 0.878. The fourth-order valence-electron chi connectivity index (χ4n) is 1.85. The third-order valence-corrected chi connectivity index (χ3v) is 3.25. The van der Waals surface area contributed by atoms with E-state index in [0.29, 0.717) is 17.2 Å². The van der Waals surface area contributed by atoms with Crippen molar-refractivity contribution < 1.29 is 0 Å². The van der Waals surface area contributed by atoms with E-state index in [0.717, 1.165) is 10.0 Å². The standard InChI is InChI=1S/C15H10BrN3O/c16-11-6-7-12(17-9-11)15-18-13(8-14(20)19-15)10-4-2-1-3-5-10/h1-9H,(H,18,19,20). The zero-order valence-corrected chi connectivity index (χ0v) is 12.0. The second-order valence-corrected chi connectivity index (χ2v) is 5.12. The summed E-state index contributed by atoms with van der Waals surface area (Å²) in [7, 11) is 0. The third-order valence-electron chi connectivity index (χ3n) is 2.78. The van der Waals surface area contributed by atoms with Gasteiger partial charge in [0.15, 0.2) is 5.82 Å². The van der Waals surface area contributed by atoms with E-state index >= 15 is 0 Å². The highest BCUT2D eigenvalue weighted by atomic mass is 79.9. The summed E-state index contributed by atoms with van der Waals surface area (Å²) in [5.74, 6) is 0.462. The number of H-pyrrole nitrogens is 1. The lowest BCUT2D eigenvalue weighted by Crippen LogP contribution is -2.09. The molecule has 98 valence electrons. The molecule has 1 aromatic carbocycles. The number of pyridine rings is 1. The van der Waals surface area contributed by atoms with Crippen LogP contribution in [0.2, 0.25) is 0 Å². The molecule has 0 spiro atoms. The third kappa shape index (κ3) is 2.67. The fraction of sp³-hybridized carbons (Fsp3) is 0. The molecule has 2 heterocycles. The molecule has 0 aliphatic heterocycles. The van der Waals surface area contributed by atoms with Crippen molar-refractivity contribution in [2.75, 3.05) is 0 Å². The number of rotatable bonds is 2. The summed E-state index contributed by atoms with van der Waals surface area (Å²) in [5.41, 5.74) is 1.97. The number of halogens is 1. The minimum atomic E-state index is -0.196. The predicted octanol–water partition coefficient (Wildman–Crippen LogP) is 3.26. The van der Waals surface area contributed by atoms with Crippen LogP contribution in [0.4, 0.5) is 0 Å². The van der Waals surface area contributed by atoms with Crippen molar-refractivity contribution in [3.8, 4) is 22.8 Å². The van der Waals surface area contributed by atoms with Crippen LogP contribution in [0.25, 0.3) is 22.8 Å². The Kier molecular flexibility index (Phi) is 3.43. The topological polar surface area (TPSA) is 58.6 Å². The molecular formula is C15H10BrN3O. The summed E-state index contributed by atoms with van der Waals surface area (Å²) in [4.78, 5) is 23.2. The van der Waals surface area contributed by atoms with E-state index in [4.69, 9.17) is 0 Å². The van der Waals surface area contributed by atoms with Gasteiger partial charge in [-0.25, -0.2) is 4.98 Å². The van der Waals surface area contributed by atoms with Crippen molar-refractivity contribution in [3.63, 3.8) is 0 Å². The van der Waals surface area contributed by atoms with Crippen LogP contribution in [0.15, 0.2) is 64.0 Å². The molecule has 5 heteroatoms. The van der Waals surface area contributed by atoms with Crippen LogP contribution in [0, 0.1) is 0 Å². The van der Waals surface area contributed by atoms with Crippen molar-refractivity contribution >= 4 is 15.9 Å². The van der Waals surface area contributed by atoms with Crippen molar-refractivity contribution in [1.29, 1.82) is 0 Å². The Balaban J connectivity index is 2.12. The average Bonchev–Trinajstić information content (AvgIpc) is 2.48. The van der Waals surface area contributed by atoms with E-state index in [1.54, 1.807) is 12.3 Å². The van der Waals surface area contributed by atoms with E-state index in [-0.39, 0.29) is 5.56 Å². The molecule has 20 heavy (non-hydrogen) atoms. The van der Waals surface area contributed by atoms with Crippen molar-refractivity contribution in [2.24, 2.45) is 0 Å². The Hall–Kier alpha value is -2.27. The smallest absolute Gasteiger partial charge is 0.251 e. The number of hydrogen-bond acceptors (Lipinski definition) is 3. The van der Waals surface area contributed by atoms with E-state index < -0.39 is 0 Å². The quantitative estimate of drug-likeness (QED) is 0.785. The molecular weight excluding hydrogens is 318 g/mol. The molecule has 0 aliphatic rings. The van der Waals surface area contributed by atoms with Crippen LogP contribution in [0.3, 0.4) is 0 Å². The first-order valence-corrected chi connectivity index (χ1v) is 6.80. The number of hydrogen-bond donors (Lipinski definition) is 1. The van der Waals surface area contributed by atoms with Gasteiger partial charge < -0.3 is 4.98 Å². The van der Waals surface area contributed by atoms with Gasteiger partial charge in [-0.15, -0.1) is 0 Å². The van der Waals surface area contributed by atoms with Gasteiger partial charge in [0.2, 0.25) is 0 Å². The summed E-state index contributed by atoms with van der Waals surface area (Å²) in [6.45, 7) is 0. The molecule has 0 radical (unpaired) electrons. The summed E-state index contributed by atoms with van der Waals surface area (Å²) in [6.07, 6.45) is 1.67. The van der Waals surface area contributed by atoms with Crippen LogP contribution in [-0.2, 0) is 0 Å². The first kappa shape index (κ1) is 12.7. The normalized spacial score (nSPS) is 10.4. The minimum absolute atomic E-state index is 0.196. The van der Waals surface area contributed by atoms with Gasteiger partial charge in [0.05, 0.1) is 5.69 Å². The van der Waals surface area contributed by atoms with Crippen molar-refractivity contribution in [3.05, 3.63) is 69.6 Å². The van der Waals surface area contributed by atoms with Crippen LogP contribution < -0.4 is 5.56 Å². The number of aromatic nitrogens is 3. The van der Waals surface area contributed by atoms with Crippen LogP contribution in [-0.4, -0.2) is 15.0 Å². The minimum Gasteiger partial charge on any atom is -0.305 e. The second kappa shape index (κ2) is 5.38. The van der Waals surface area contributed by atoms with E-state index in [2.05, 4.69) is 30.9 Å². The molecule has 0 bridgehead atoms. The van der Waals surface area contributed by atoms with Gasteiger partial charge in [0, 0.05) is 22.3 Å². The van der Waals surface area contributed by atoms with E-state index in [9.17, 15) is 4.79 Å². The van der Waals surface area contributed by atoms with E-state index in [1.807, 2.05) is 36.4 Å². The van der Waals surface area contributed by atoms with Gasteiger partial charge in [-0.2, -0.15) is 0 Å². The highest BCUT2D eigenvalue weighted by molar-refractivity contribution is 9.10. The highest BCUT2D eigenvalue weighted by Gasteiger charge is 2.06. The largest absolute Gasteiger partial charge is 0.305 e. The highest BCUT2D eigenvalue weighted by Crippen LogP contribution is 2.19. The average molecular weight is 328 g/mol. The predicted molar refractivity (Wildman–Crippen MR) is 81.2 cm³/mol. The van der Waals surface area contributed by atoms with Crippen molar-refractivity contribution in [1.82, 2.24) is 15.0 Å². The van der Waals surface area contributed by atoms with Gasteiger partial charge in [-0.1, -0.05) is 30.3 Å². The monoisotopic (exact) mass is 327 g/mol. The molecule has 0 amide bonds. The van der Waals surface area contributed by atoms with E-state index in [1.165, 1.54) is 6.07 Å². The Morgan fingerprint density at radius 1 is 1.00 bits per heavy atom. The zero-order valence-electron chi connectivity index (χ0n) is 10.4. The Morgan fingerprint density at radius 3 is 2.50 bits per heavy atom. The second-order valence-electron chi connectivity index (χ2n) is 4.21. The molecule has 2 aromatic heterocycles. The summed E-state index contributed by atoms with van der Waals surface area (Å²) >= 11 is 3.33. The van der Waals surface area contributed by atoms with Crippen LogP contribution >= 0.6 is 15.9 Å². The molecule has 0 unspecified atom stereocenters. The fourth-order valence-corrected chi connectivity index (χ4v) is 2.09.